The Morgan fingerprint density at radius 2 is 2.20 bits per heavy atom. The van der Waals surface area contributed by atoms with Crippen LogP contribution in [0, 0.1) is 11.8 Å². The third-order valence-corrected chi connectivity index (χ3v) is 2.19. The van der Waals surface area contributed by atoms with E-state index < -0.39 is 18.1 Å². The van der Waals surface area contributed by atoms with Crippen LogP contribution < -0.4 is 0 Å². The van der Waals surface area contributed by atoms with E-state index in [4.69, 9.17) is 5.11 Å². The Morgan fingerprint density at radius 1 is 1.60 bits per heavy atom. The van der Waals surface area contributed by atoms with Crippen molar-refractivity contribution in [2.24, 2.45) is 11.8 Å². The second kappa shape index (κ2) is 2.56. The van der Waals surface area contributed by atoms with Gasteiger partial charge in [0.2, 0.25) is 0 Å². The molecule has 2 nitrogen and oxygen atoms in total. The predicted octanol–water partition coefficient (Wildman–Crippen LogP) is 1.46. The van der Waals surface area contributed by atoms with Gasteiger partial charge in [0.1, 0.15) is 6.17 Å². The third kappa shape index (κ3) is 1.13. The summed E-state index contributed by atoms with van der Waals surface area (Å²) >= 11 is 0. The first-order chi connectivity index (χ1) is 4.63. The van der Waals surface area contributed by atoms with Crippen LogP contribution in [0.2, 0.25) is 0 Å². The topological polar surface area (TPSA) is 37.3 Å². The molecule has 0 heterocycles. The first-order valence-electron chi connectivity index (χ1n) is 3.50. The highest BCUT2D eigenvalue weighted by Crippen LogP contribution is 2.33. The van der Waals surface area contributed by atoms with E-state index in [9.17, 15) is 9.18 Å². The highest BCUT2D eigenvalue weighted by atomic mass is 19.1. The van der Waals surface area contributed by atoms with Crippen molar-refractivity contribution in [1.29, 1.82) is 0 Å². The Kier molecular flexibility index (Phi) is 1.92. The summed E-state index contributed by atoms with van der Waals surface area (Å²) in [5, 5.41) is 8.51. The number of rotatable bonds is 1. The van der Waals surface area contributed by atoms with Crippen molar-refractivity contribution in [1.82, 2.24) is 0 Å². The smallest absolute Gasteiger partial charge is 0.309 e. The van der Waals surface area contributed by atoms with Crippen LogP contribution in [-0.2, 0) is 4.79 Å². The molecule has 0 aromatic rings. The quantitative estimate of drug-likeness (QED) is 0.608. The SMILES string of the molecule is C[C@H]1CC[C@@H](F)[C@@H]1C(=O)O. The second-order valence-corrected chi connectivity index (χ2v) is 2.93. The normalized spacial score (nSPS) is 40.0. The van der Waals surface area contributed by atoms with Gasteiger partial charge in [0.25, 0.3) is 0 Å². The summed E-state index contributed by atoms with van der Waals surface area (Å²) in [7, 11) is 0. The van der Waals surface area contributed by atoms with Crippen molar-refractivity contribution in [3.63, 3.8) is 0 Å². The molecule has 0 amide bonds. The second-order valence-electron chi connectivity index (χ2n) is 2.93. The molecule has 1 aliphatic carbocycles. The molecule has 0 bridgehead atoms. The number of aliphatic carboxylic acids is 1. The van der Waals surface area contributed by atoms with E-state index in [1.165, 1.54) is 0 Å². The minimum absolute atomic E-state index is 0.00694. The number of hydrogen-bond acceptors (Lipinski definition) is 1. The summed E-state index contributed by atoms with van der Waals surface area (Å²) in [5.74, 6) is -1.73. The number of alkyl halides is 1. The Labute approximate surface area is 59.0 Å². The largest absolute Gasteiger partial charge is 0.481 e. The van der Waals surface area contributed by atoms with Gasteiger partial charge in [-0.05, 0) is 18.8 Å². The van der Waals surface area contributed by atoms with E-state index in [1.54, 1.807) is 6.92 Å². The molecule has 3 heteroatoms. The summed E-state index contributed by atoms with van der Waals surface area (Å²) in [6.45, 7) is 1.79. The van der Waals surface area contributed by atoms with Crippen LogP contribution in [-0.4, -0.2) is 17.2 Å². The molecule has 0 aliphatic heterocycles. The molecule has 0 radical (unpaired) electrons. The highest BCUT2D eigenvalue weighted by molar-refractivity contribution is 5.71. The molecule has 1 N–H and O–H groups in total. The van der Waals surface area contributed by atoms with E-state index in [0.29, 0.717) is 12.8 Å². The van der Waals surface area contributed by atoms with E-state index in [2.05, 4.69) is 0 Å². The first-order valence-corrected chi connectivity index (χ1v) is 3.50. The van der Waals surface area contributed by atoms with Gasteiger partial charge in [-0.1, -0.05) is 6.92 Å². The van der Waals surface area contributed by atoms with Gasteiger partial charge >= 0.3 is 5.97 Å². The number of hydrogen-bond donors (Lipinski definition) is 1. The van der Waals surface area contributed by atoms with Crippen molar-refractivity contribution in [3.05, 3.63) is 0 Å². The van der Waals surface area contributed by atoms with Gasteiger partial charge in [0.15, 0.2) is 0 Å². The average Bonchev–Trinajstić information content (AvgIpc) is 2.11. The molecule has 58 valence electrons. The lowest BCUT2D eigenvalue weighted by molar-refractivity contribution is -0.144. The molecule has 1 fully saturated rings. The fourth-order valence-electron chi connectivity index (χ4n) is 1.54. The highest BCUT2D eigenvalue weighted by Gasteiger charge is 2.38. The fourth-order valence-corrected chi connectivity index (χ4v) is 1.54. The van der Waals surface area contributed by atoms with Crippen LogP contribution in [0.1, 0.15) is 19.8 Å². The summed E-state index contributed by atoms with van der Waals surface area (Å²) in [5.41, 5.74) is 0. The zero-order valence-corrected chi connectivity index (χ0v) is 5.88. The number of halogens is 1. The predicted molar refractivity (Wildman–Crippen MR) is 34.4 cm³/mol. The Balaban J connectivity index is 2.63. The monoisotopic (exact) mass is 146 g/mol. The summed E-state index contributed by atoms with van der Waals surface area (Å²) < 4.78 is 12.7. The Bertz CT molecular complexity index is 137. The molecule has 1 rings (SSSR count). The lowest BCUT2D eigenvalue weighted by Gasteiger charge is -2.10. The van der Waals surface area contributed by atoms with Gasteiger partial charge in [-0.3, -0.25) is 4.79 Å². The third-order valence-electron chi connectivity index (χ3n) is 2.19. The maximum atomic E-state index is 12.7. The molecule has 3 atom stereocenters. The minimum atomic E-state index is -1.12. The molecule has 0 saturated heterocycles. The summed E-state index contributed by atoms with van der Waals surface area (Å²) in [4.78, 5) is 10.4. The summed E-state index contributed by atoms with van der Waals surface area (Å²) in [6, 6.07) is 0. The molecular formula is C7H11FO2. The Hall–Kier alpha value is -0.600. The molecule has 0 aromatic carbocycles. The van der Waals surface area contributed by atoms with Gasteiger partial charge in [-0.2, -0.15) is 0 Å². The number of carboxylic acids is 1. The van der Waals surface area contributed by atoms with E-state index in [0.717, 1.165) is 0 Å². The molecule has 0 aromatic heterocycles. The zero-order valence-electron chi connectivity index (χ0n) is 5.88. The van der Waals surface area contributed by atoms with E-state index >= 15 is 0 Å². The lowest BCUT2D eigenvalue weighted by Crippen LogP contribution is -2.23. The molecular weight excluding hydrogens is 135 g/mol. The maximum absolute atomic E-state index is 12.7. The van der Waals surface area contributed by atoms with Crippen LogP contribution in [0.15, 0.2) is 0 Å². The van der Waals surface area contributed by atoms with Crippen molar-refractivity contribution in [2.75, 3.05) is 0 Å². The van der Waals surface area contributed by atoms with Crippen molar-refractivity contribution in [2.45, 2.75) is 25.9 Å². The Morgan fingerprint density at radius 3 is 2.40 bits per heavy atom. The number of carbonyl (C=O) groups is 1. The summed E-state index contributed by atoms with van der Waals surface area (Å²) in [6.07, 6.45) is 0.00324. The zero-order chi connectivity index (χ0) is 7.72. The van der Waals surface area contributed by atoms with Gasteiger partial charge in [-0.25, -0.2) is 4.39 Å². The van der Waals surface area contributed by atoms with Gasteiger partial charge < -0.3 is 5.11 Å². The minimum Gasteiger partial charge on any atom is -0.481 e. The van der Waals surface area contributed by atoms with Crippen LogP contribution in [0.5, 0.6) is 0 Å². The number of carboxylic acid groups (broad SMARTS) is 1. The van der Waals surface area contributed by atoms with Crippen molar-refractivity contribution >= 4 is 5.97 Å². The molecule has 1 saturated carbocycles. The van der Waals surface area contributed by atoms with Crippen LogP contribution in [0.3, 0.4) is 0 Å². The average molecular weight is 146 g/mol. The van der Waals surface area contributed by atoms with Gasteiger partial charge in [-0.15, -0.1) is 0 Å². The van der Waals surface area contributed by atoms with E-state index in [-0.39, 0.29) is 5.92 Å². The first kappa shape index (κ1) is 7.51. The van der Waals surface area contributed by atoms with Crippen LogP contribution in [0.4, 0.5) is 4.39 Å². The molecule has 10 heavy (non-hydrogen) atoms. The standard InChI is InChI=1S/C7H11FO2/c1-4-2-3-5(8)6(4)7(9)10/h4-6H,2-3H2,1H3,(H,9,10)/t4-,5+,6+/m0/s1. The molecule has 1 aliphatic rings. The molecule has 0 unspecified atom stereocenters. The lowest BCUT2D eigenvalue weighted by atomic mass is 9.98. The van der Waals surface area contributed by atoms with Gasteiger partial charge in [0, 0.05) is 0 Å². The maximum Gasteiger partial charge on any atom is 0.309 e. The molecule has 0 spiro atoms. The van der Waals surface area contributed by atoms with Crippen molar-refractivity contribution < 1.29 is 14.3 Å². The van der Waals surface area contributed by atoms with E-state index in [1.807, 2.05) is 0 Å². The van der Waals surface area contributed by atoms with Gasteiger partial charge in [0.05, 0.1) is 5.92 Å². The van der Waals surface area contributed by atoms with Crippen molar-refractivity contribution in [3.8, 4) is 0 Å². The van der Waals surface area contributed by atoms with Crippen LogP contribution >= 0.6 is 0 Å². The fraction of sp³-hybridized carbons (Fsp3) is 0.857. The van der Waals surface area contributed by atoms with Crippen LogP contribution in [0.25, 0.3) is 0 Å².